The summed E-state index contributed by atoms with van der Waals surface area (Å²) in [6.07, 6.45) is 5.89. The SMILES string of the molecule is COc1cc2c(c3c1[C@H]1C=C(CC/C=C(\C)C3)C(=O)O1)OCO2. The molecule has 0 aromatic heterocycles. The van der Waals surface area contributed by atoms with Crippen LogP contribution in [-0.2, 0) is 16.0 Å². The molecule has 0 N–H and O–H groups in total. The van der Waals surface area contributed by atoms with Crippen molar-refractivity contribution in [1.29, 1.82) is 0 Å². The Morgan fingerprint density at radius 1 is 1.30 bits per heavy atom. The average molecular weight is 314 g/mol. The maximum Gasteiger partial charge on any atom is 0.334 e. The van der Waals surface area contributed by atoms with E-state index in [0.29, 0.717) is 17.9 Å². The highest BCUT2D eigenvalue weighted by Gasteiger charge is 2.34. The van der Waals surface area contributed by atoms with E-state index in [2.05, 4.69) is 13.0 Å². The Morgan fingerprint density at radius 2 is 2.17 bits per heavy atom. The van der Waals surface area contributed by atoms with Crippen molar-refractivity contribution in [1.82, 2.24) is 0 Å². The van der Waals surface area contributed by atoms with Crippen molar-refractivity contribution in [3.05, 3.63) is 40.5 Å². The van der Waals surface area contributed by atoms with Crippen LogP contribution in [0.1, 0.15) is 37.0 Å². The van der Waals surface area contributed by atoms with E-state index in [-0.39, 0.29) is 12.8 Å². The van der Waals surface area contributed by atoms with Gasteiger partial charge in [-0.15, -0.1) is 0 Å². The highest BCUT2D eigenvalue weighted by Crippen LogP contribution is 2.48. The number of fused-ring (bicyclic) bond motifs is 5. The van der Waals surface area contributed by atoms with Crippen LogP contribution in [0.4, 0.5) is 0 Å². The number of allylic oxidation sites excluding steroid dienone is 2. The Labute approximate surface area is 134 Å². The lowest BCUT2D eigenvalue weighted by Gasteiger charge is -2.20. The molecule has 4 rings (SSSR count). The van der Waals surface area contributed by atoms with E-state index < -0.39 is 6.10 Å². The van der Waals surface area contributed by atoms with Gasteiger partial charge in [-0.1, -0.05) is 11.6 Å². The van der Waals surface area contributed by atoms with Crippen molar-refractivity contribution >= 4 is 5.97 Å². The highest BCUT2D eigenvalue weighted by molar-refractivity contribution is 5.91. The van der Waals surface area contributed by atoms with Gasteiger partial charge in [-0.2, -0.15) is 0 Å². The number of carbonyl (C=O) groups excluding carboxylic acids is 1. The predicted octanol–water partition coefficient (Wildman–Crippen LogP) is 3.23. The van der Waals surface area contributed by atoms with Crippen LogP contribution in [0, 0.1) is 0 Å². The quantitative estimate of drug-likeness (QED) is 0.588. The molecule has 120 valence electrons. The van der Waals surface area contributed by atoms with Gasteiger partial charge in [-0.05, 0) is 32.3 Å². The third kappa shape index (κ3) is 2.27. The van der Waals surface area contributed by atoms with E-state index in [9.17, 15) is 4.79 Å². The van der Waals surface area contributed by atoms with E-state index in [4.69, 9.17) is 18.9 Å². The summed E-state index contributed by atoms with van der Waals surface area (Å²) in [7, 11) is 1.61. The van der Waals surface area contributed by atoms with Gasteiger partial charge in [-0.25, -0.2) is 4.79 Å². The van der Waals surface area contributed by atoms with E-state index in [1.54, 1.807) is 7.11 Å². The molecule has 2 heterocycles. The van der Waals surface area contributed by atoms with E-state index >= 15 is 0 Å². The maximum atomic E-state index is 12.1. The molecule has 0 amide bonds. The van der Waals surface area contributed by atoms with Crippen molar-refractivity contribution in [2.75, 3.05) is 13.9 Å². The fraction of sp³-hybridized carbons (Fsp3) is 0.389. The molecule has 0 saturated carbocycles. The van der Waals surface area contributed by atoms with Crippen LogP contribution in [0.2, 0.25) is 0 Å². The highest BCUT2D eigenvalue weighted by atomic mass is 16.7. The van der Waals surface area contributed by atoms with Crippen molar-refractivity contribution in [3.8, 4) is 17.2 Å². The number of rotatable bonds is 1. The second-order valence-electron chi connectivity index (χ2n) is 5.99. The van der Waals surface area contributed by atoms with E-state index in [1.807, 2.05) is 12.1 Å². The normalized spacial score (nSPS) is 24.3. The summed E-state index contributed by atoms with van der Waals surface area (Å²) in [6.45, 7) is 2.29. The second kappa shape index (κ2) is 5.33. The molecule has 3 aliphatic rings. The maximum absolute atomic E-state index is 12.1. The smallest absolute Gasteiger partial charge is 0.334 e. The van der Waals surface area contributed by atoms with Gasteiger partial charge in [-0.3, -0.25) is 0 Å². The lowest BCUT2D eigenvalue weighted by atomic mass is 9.92. The molecule has 2 bridgehead atoms. The van der Waals surface area contributed by atoms with Gasteiger partial charge < -0.3 is 18.9 Å². The number of carbonyl (C=O) groups is 1. The van der Waals surface area contributed by atoms with Crippen LogP contribution in [0.5, 0.6) is 17.2 Å². The summed E-state index contributed by atoms with van der Waals surface area (Å²) in [5.74, 6) is 1.83. The molecular weight excluding hydrogens is 296 g/mol. The average Bonchev–Trinajstić information content (AvgIpc) is 3.13. The Bertz CT molecular complexity index is 744. The summed E-state index contributed by atoms with van der Waals surface area (Å²) in [5, 5.41) is 0. The fourth-order valence-electron chi connectivity index (χ4n) is 3.38. The van der Waals surface area contributed by atoms with Crippen molar-refractivity contribution in [2.45, 2.75) is 32.3 Å². The van der Waals surface area contributed by atoms with Gasteiger partial charge >= 0.3 is 5.97 Å². The van der Waals surface area contributed by atoms with Crippen LogP contribution in [-0.4, -0.2) is 19.9 Å². The number of hydrogen-bond donors (Lipinski definition) is 0. The molecule has 5 heteroatoms. The molecule has 1 aromatic carbocycles. The zero-order valence-corrected chi connectivity index (χ0v) is 13.2. The van der Waals surface area contributed by atoms with Gasteiger partial charge in [0, 0.05) is 22.8 Å². The van der Waals surface area contributed by atoms with Crippen LogP contribution >= 0.6 is 0 Å². The number of ether oxygens (including phenoxy) is 4. The van der Waals surface area contributed by atoms with Gasteiger partial charge in [0.25, 0.3) is 0 Å². The Hall–Kier alpha value is -2.43. The number of benzene rings is 1. The zero-order chi connectivity index (χ0) is 16.0. The van der Waals surface area contributed by atoms with Gasteiger partial charge in [0.15, 0.2) is 17.6 Å². The minimum Gasteiger partial charge on any atom is -0.496 e. The molecule has 1 atom stereocenters. The lowest BCUT2D eigenvalue weighted by molar-refractivity contribution is -0.140. The third-order valence-electron chi connectivity index (χ3n) is 4.48. The number of hydrogen-bond acceptors (Lipinski definition) is 5. The minimum absolute atomic E-state index is 0.198. The first kappa shape index (κ1) is 14.2. The molecule has 0 spiro atoms. The van der Waals surface area contributed by atoms with Crippen LogP contribution in [0.15, 0.2) is 29.4 Å². The predicted molar refractivity (Wildman–Crippen MR) is 82.7 cm³/mol. The standard InChI is InChI=1S/C18H18O5/c1-10-4-3-5-11-7-14(23-18(11)19)16-12(6-10)17-15(21-9-22-17)8-13(16)20-2/h4,7-8,14H,3,5-6,9H2,1-2H3/b10-4+/t14-/m1/s1. The van der Waals surface area contributed by atoms with Gasteiger partial charge in [0.05, 0.1) is 7.11 Å². The molecule has 2 aliphatic heterocycles. The largest absolute Gasteiger partial charge is 0.496 e. The second-order valence-corrected chi connectivity index (χ2v) is 5.99. The van der Waals surface area contributed by atoms with Crippen LogP contribution in [0.3, 0.4) is 0 Å². The molecule has 0 unspecified atom stereocenters. The first-order chi connectivity index (χ1) is 11.2. The van der Waals surface area contributed by atoms with Crippen LogP contribution < -0.4 is 14.2 Å². The molecular formula is C18H18O5. The van der Waals surface area contributed by atoms with Crippen molar-refractivity contribution < 1.29 is 23.7 Å². The first-order valence-corrected chi connectivity index (χ1v) is 7.74. The Kier molecular flexibility index (Phi) is 3.29. The van der Waals surface area contributed by atoms with Crippen molar-refractivity contribution in [2.24, 2.45) is 0 Å². The number of esters is 1. The summed E-state index contributed by atoms with van der Waals surface area (Å²) < 4.78 is 22.3. The van der Waals surface area contributed by atoms with Crippen molar-refractivity contribution in [3.63, 3.8) is 0 Å². The minimum atomic E-state index is -0.428. The van der Waals surface area contributed by atoms with Gasteiger partial charge in [0.1, 0.15) is 5.75 Å². The lowest BCUT2D eigenvalue weighted by Crippen LogP contribution is -2.08. The molecule has 23 heavy (non-hydrogen) atoms. The Morgan fingerprint density at radius 3 is 3.00 bits per heavy atom. The topological polar surface area (TPSA) is 54.0 Å². The zero-order valence-electron chi connectivity index (χ0n) is 13.2. The summed E-state index contributed by atoms with van der Waals surface area (Å²) in [6, 6.07) is 1.81. The first-order valence-electron chi connectivity index (χ1n) is 7.74. The molecule has 5 nitrogen and oxygen atoms in total. The van der Waals surface area contributed by atoms with Crippen LogP contribution in [0.25, 0.3) is 0 Å². The van der Waals surface area contributed by atoms with E-state index in [1.165, 1.54) is 5.57 Å². The molecule has 0 saturated heterocycles. The fourth-order valence-corrected chi connectivity index (χ4v) is 3.38. The van der Waals surface area contributed by atoms with E-state index in [0.717, 1.165) is 35.3 Å². The molecule has 0 radical (unpaired) electrons. The summed E-state index contributed by atoms with van der Waals surface area (Å²) in [4.78, 5) is 12.1. The summed E-state index contributed by atoms with van der Waals surface area (Å²) in [5.41, 5.74) is 3.79. The van der Waals surface area contributed by atoms with Gasteiger partial charge in [0.2, 0.25) is 6.79 Å². The summed E-state index contributed by atoms with van der Waals surface area (Å²) >= 11 is 0. The monoisotopic (exact) mass is 314 g/mol. The molecule has 1 aliphatic carbocycles. The third-order valence-corrected chi connectivity index (χ3v) is 4.48. The molecule has 0 fully saturated rings. The molecule has 1 aromatic rings. The number of methoxy groups -OCH3 is 1. The Balaban J connectivity index is 1.95.